The zero-order valence-corrected chi connectivity index (χ0v) is 21.4. The summed E-state index contributed by atoms with van der Waals surface area (Å²) in [6, 6.07) is -0.430. The van der Waals surface area contributed by atoms with Gasteiger partial charge in [-0.3, -0.25) is 4.79 Å². The van der Waals surface area contributed by atoms with Crippen LogP contribution in [0.2, 0.25) is 0 Å². The van der Waals surface area contributed by atoms with Crippen molar-refractivity contribution in [2.45, 2.75) is 123 Å². The van der Waals surface area contributed by atoms with E-state index in [1.807, 2.05) is 21.1 Å². The van der Waals surface area contributed by atoms with E-state index in [2.05, 4.69) is 19.2 Å². The molecule has 0 aromatic heterocycles. The molecular formula is C26H53N2O3+. The molecule has 2 N–H and O–H groups in total. The largest absolute Gasteiger partial charge is 0.477 e. The van der Waals surface area contributed by atoms with Crippen LogP contribution >= 0.6 is 0 Å². The molecule has 0 aliphatic carbocycles. The first-order chi connectivity index (χ1) is 14.7. The van der Waals surface area contributed by atoms with Crippen LogP contribution in [0.3, 0.4) is 0 Å². The second kappa shape index (κ2) is 18.5. The molecule has 1 amide bonds. The molecule has 5 nitrogen and oxygen atoms in total. The number of carbonyl (C=O) groups excluding carboxylic acids is 1. The van der Waals surface area contributed by atoms with Crippen molar-refractivity contribution in [3.8, 4) is 0 Å². The quantitative estimate of drug-likeness (QED) is 0.166. The van der Waals surface area contributed by atoms with Crippen molar-refractivity contribution in [2.75, 3.05) is 27.7 Å². The molecule has 0 aromatic carbocycles. The lowest BCUT2D eigenvalue weighted by Gasteiger charge is -2.31. The summed E-state index contributed by atoms with van der Waals surface area (Å²) in [5.41, 5.74) is 0. The van der Waals surface area contributed by atoms with Gasteiger partial charge in [-0.25, -0.2) is 4.79 Å². The van der Waals surface area contributed by atoms with Gasteiger partial charge < -0.3 is 14.9 Å². The van der Waals surface area contributed by atoms with E-state index in [9.17, 15) is 14.7 Å². The fraction of sp³-hybridized carbons (Fsp3) is 0.923. The number of carbonyl (C=O) groups is 2. The normalized spacial score (nSPS) is 13.7. The summed E-state index contributed by atoms with van der Waals surface area (Å²) in [5.74, 6) is -0.131. The monoisotopic (exact) mass is 441 g/mol. The first kappa shape index (κ1) is 29.9. The Labute approximate surface area is 192 Å². The maximum atomic E-state index is 12.5. The molecule has 0 radical (unpaired) electrons. The Balaban J connectivity index is 4.30. The van der Waals surface area contributed by atoms with Crippen LogP contribution in [0.25, 0.3) is 0 Å². The van der Waals surface area contributed by atoms with Crippen molar-refractivity contribution in [2.24, 2.45) is 5.92 Å². The molecule has 0 saturated heterocycles. The maximum absolute atomic E-state index is 12.5. The number of amides is 1. The zero-order valence-electron chi connectivity index (χ0n) is 21.4. The van der Waals surface area contributed by atoms with E-state index in [0.717, 1.165) is 12.8 Å². The molecule has 0 bridgehead atoms. The average Bonchev–Trinajstić information content (AvgIpc) is 2.68. The summed E-state index contributed by atoms with van der Waals surface area (Å²) in [6.07, 6.45) is 18.4. The molecule has 0 heterocycles. The highest BCUT2D eigenvalue weighted by Crippen LogP contribution is 2.22. The van der Waals surface area contributed by atoms with E-state index in [-0.39, 0.29) is 5.91 Å². The van der Waals surface area contributed by atoms with Gasteiger partial charge >= 0.3 is 5.97 Å². The number of hydrogen-bond acceptors (Lipinski definition) is 2. The van der Waals surface area contributed by atoms with E-state index in [4.69, 9.17) is 0 Å². The third-order valence-electron chi connectivity index (χ3n) is 6.35. The molecule has 0 fully saturated rings. The average molecular weight is 442 g/mol. The fourth-order valence-corrected chi connectivity index (χ4v) is 4.30. The smallest absolute Gasteiger partial charge is 0.362 e. The van der Waals surface area contributed by atoms with Crippen LogP contribution in [0.1, 0.15) is 117 Å². The standard InChI is InChI=1S/C26H52N2O3/c1-6-8-10-12-14-16-19-23(18-15-13-11-9-7-2)22-25(29)27-21-17-20-24(26(30)31)28(3,4)5/h23-24H,6-22H2,1-5H3,(H-,27,29,30,31)/p+1. The number of carboxylic acids is 1. The summed E-state index contributed by atoms with van der Waals surface area (Å²) in [7, 11) is 5.72. The molecule has 31 heavy (non-hydrogen) atoms. The highest BCUT2D eigenvalue weighted by Gasteiger charge is 2.30. The van der Waals surface area contributed by atoms with Gasteiger partial charge in [0.15, 0.2) is 6.04 Å². The van der Waals surface area contributed by atoms with Crippen LogP contribution in [0.4, 0.5) is 0 Å². The fourth-order valence-electron chi connectivity index (χ4n) is 4.30. The lowest BCUT2D eigenvalue weighted by atomic mass is 9.91. The number of likely N-dealkylation sites (N-methyl/N-ethyl adjacent to an activating group) is 1. The van der Waals surface area contributed by atoms with Crippen LogP contribution in [-0.4, -0.2) is 55.2 Å². The van der Waals surface area contributed by atoms with Gasteiger partial charge in [0, 0.05) is 19.4 Å². The van der Waals surface area contributed by atoms with Crippen molar-refractivity contribution in [3.63, 3.8) is 0 Å². The van der Waals surface area contributed by atoms with E-state index in [1.54, 1.807) is 0 Å². The zero-order chi connectivity index (χ0) is 23.5. The summed E-state index contributed by atoms with van der Waals surface area (Å²) < 4.78 is 0.404. The predicted molar refractivity (Wildman–Crippen MR) is 131 cm³/mol. The molecule has 2 atom stereocenters. The highest BCUT2D eigenvalue weighted by molar-refractivity contribution is 5.76. The van der Waals surface area contributed by atoms with Gasteiger partial charge in [-0.05, 0) is 25.2 Å². The summed E-state index contributed by atoms with van der Waals surface area (Å²) >= 11 is 0. The molecule has 184 valence electrons. The van der Waals surface area contributed by atoms with Gasteiger partial charge in [-0.1, -0.05) is 84.5 Å². The minimum Gasteiger partial charge on any atom is -0.477 e. The Kier molecular flexibility index (Phi) is 17.8. The lowest BCUT2D eigenvalue weighted by Crippen LogP contribution is -2.50. The second-order valence-electron chi connectivity index (χ2n) is 10.3. The Hall–Kier alpha value is -1.10. The third kappa shape index (κ3) is 17.2. The van der Waals surface area contributed by atoms with E-state index < -0.39 is 12.0 Å². The molecule has 0 spiro atoms. The number of carboxylic acid groups (broad SMARTS) is 1. The van der Waals surface area contributed by atoms with Crippen LogP contribution in [0.5, 0.6) is 0 Å². The molecular weight excluding hydrogens is 388 g/mol. The second-order valence-corrected chi connectivity index (χ2v) is 10.3. The summed E-state index contributed by atoms with van der Waals surface area (Å²) in [5, 5.41) is 12.5. The van der Waals surface area contributed by atoms with Crippen molar-refractivity contribution in [1.29, 1.82) is 0 Å². The van der Waals surface area contributed by atoms with Gasteiger partial charge in [0.1, 0.15) is 0 Å². The van der Waals surface area contributed by atoms with E-state index in [0.29, 0.717) is 36.2 Å². The molecule has 0 aliphatic rings. The molecule has 0 aromatic rings. The third-order valence-corrected chi connectivity index (χ3v) is 6.35. The van der Waals surface area contributed by atoms with Crippen molar-refractivity contribution < 1.29 is 19.2 Å². The number of unbranched alkanes of at least 4 members (excludes halogenated alkanes) is 9. The Morgan fingerprint density at radius 1 is 0.742 bits per heavy atom. The van der Waals surface area contributed by atoms with Crippen molar-refractivity contribution in [3.05, 3.63) is 0 Å². The van der Waals surface area contributed by atoms with Gasteiger partial charge in [0.25, 0.3) is 0 Å². The predicted octanol–water partition coefficient (Wildman–Crippen LogP) is 6.16. The number of nitrogens with one attached hydrogen (secondary N) is 1. The van der Waals surface area contributed by atoms with Gasteiger partial charge in [-0.2, -0.15) is 0 Å². The summed E-state index contributed by atoms with van der Waals surface area (Å²) in [4.78, 5) is 24.0. The van der Waals surface area contributed by atoms with Crippen molar-refractivity contribution >= 4 is 11.9 Å². The Bertz CT molecular complexity index is 460. The number of hydrogen-bond donors (Lipinski definition) is 2. The van der Waals surface area contributed by atoms with Crippen LogP contribution in [0, 0.1) is 5.92 Å². The summed E-state index contributed by atoms with van der Waals surface area (Å²) in [6.45, 7) is 5.06. The number of aliphatic carboxylic acids is 1. The first-order valence-electron chi connectivity index (χ1n) is 13.0. The minimum absolute atomic E-state index is 0.140. The number of nitrogens with zero attached hydrogens (tertiary/aromatic N) is 1. The SMILES string of the molecule is CCCCCCCCC(CCCCCCC)CC(=O)NCCCC(C(=O)O)[N+](C)(C)C. The Morgan fingerprint density at radius 3 is 1.68 bits per heavy atom. The van der Waals surface area contributed by atoms with Crippen LogP contribution < -0.4 is 5.32 Å². The Morgan fingerprint density at radius 2 is 1.23 bits per heavy atom. The minimum atomic E-state index is -0.763. The highest BCUT2D eigenvalue weighted by atomic mass is 16.4. The molecule has 0 saturated carbocycles. The maximum Gasteiger partial charge on any atom is 0.362 e. The molecule has 0 aliphatic heterocycles. The van der Waals surface area contributed by atoms with E-state index >= 15 is 0 Å². The number of quaternary nitrogens is 1. The van der Waals surface area contributed by atoms with E-state index in [1.165, 1.54) is 70.6 Å². The number of rotatable bonds is 21. The molecule has 5 heteroatoms. The first-order valence-corrected chi connectivity index (χ1v) is 13.0. The van der Waals surface area contributed by atoms with Gasteiger partial charge in [-0.15, -0.1) is 0 Å². The lowest BCUT2D eigenvalue weighted by molar-refractivity contribution is -0.887. The van der Waals surface area contributed by atoms with Crippen molar-refractivity contribution in [1.82, 2.24) is 5.32 Å². The van der Waals surface area contributed by atoms with Gasteiger partial charge in [0.2, 0.25) is 5.91 Å². The van der Waals surface area contributed by atoms with Crippen LogP contribution in [-0.2, 0) is 9.59 Å². The van der Waals surface area contributed by atoms with Gasteiger partial charge in [0.05, 0.1) is 21.1 Å². The van der Waals surface area contributed by atoms with Crippen LogP contribution in [0.15, 0.2) is 0 Å². The molecule has 0 rings (SSSR count). The topological polar surface area (TPSA) is 66.4 Å². The molecule has 2 unspecified atom stereocenters.